The summed E-state index contributed by atoms with van der Waals surface area (Å²) in [5, 5.41) is 0. The molecule has 0 radical (unpaired) electrons. The van der Waals surface area contributed by atoms with Crippen molar-refractivity contribution in [2.75, 3.05) is 33.1 Å². The first-order chi connectivity index (χ1) is 14.9. The number of ether oxygens (including phenoxy) is 3. The minimum absolute atomic E-state index is 0.0463. The number of nitrogens with zero attached hydrogens (tertiary/aromatic N) is 1. The maximum Gasteiger partial charge on any atom is 0.339 e. The molecular weight excluding hydrogens is 420 g/mol. The van der Waals surface area contributed by atoms with Crippen molar-refractivity contribution in [2.45, 2.75) is 17.9 Å². The Labute approximate surface area is 184 Å². The first-order valence-electron chi connectivity index (χ1n) is 9.61. The van der Waals surface area contributed by atoms with Crippen molar-refractivity contribution in [1.29, 1.82) is 0 Å². The van der Waals surface area contributed by atoms with Crippen LogP contribution in [-0.4, -0.2) is 55.8 Å². The minimum atomic E-state index is -0.621. The smallest absolute Gasteiger partial charge is 0.339 e. The fourth-order valence-electron chi connectivity index (χ4n) is 3.30. The van der Waals surface area contributed by atoms with Gasteiger partial charge in [0.15, 0.2) is 18.1 Å². The molecule has 8 nitrogen and oxygen atoms in total. The highest BCUT2D eigenvalue weighted by atomic mass is 32.2. The van der Waals surface area contributed by atoms with E-state index in [1.807, 2.05) is 12.1 Å². The number of fused-ring (bicyclic) bond motifs is 1. The number of methoxy groups -OCH3 is 2. The molecule has 9 heteroatoms. The molecule has 0 aromatic heterocycles. The first kappa shape index (κ1) is 22.5. The molecule has 2 N–H and O–H groups in total. The van der Waals surface area contributed by atoms with Crippen molar-refractivity contribution < 1.29 is 28.6 Å². The molecule has 1 aliphatic heterocycles. The second kappa shape index (κ2) is 10.2. The molecule has 0 atom stereocenters. The number of benzene rings is 2. The molecule has 2 aromatic rings. The summed E-state index contributed by atoms with van der Waals surface area (Å²) in [6.07, 6.45) is 0.669. The fourth-order valence-corrected chi connectivity index (χ4v) is 4.08. The molecule has 0 fully saturated rings. The van der Waals surface area contributed by atoms with Gasteiger partial charge in [0.2, 0.25) is 5.91 Å². The number of hydrogen-bond acceptors (Lipinski definition) is 7. The van der Waals surface area contributed by atoms with Crippen molar-refractivity contribution >= 4 is 29.5 Å². The van der Waals surface area contributed by atoms with Crippen LogP contribution in [0.5, 0.6) is 11.5 Å². The Bertz CT molecular complexity index is 994. The van der Waals surface area contributed by atoms with Crippen LogP contribution < -0.4 is 15.2 Å². The zero-order valence-electron chi connectivity index (χ0n) is 17.4. The van der Waals surface area contributed by atoms with Crippen LogP contribution in [0.25, 0.3) is 0 Å². The quantitative estimate of drug-likeness (QED) is 0.490. The molecule has 2 amide bonds. The van der Waals surface area contributed by atoms with Crippen molar-refractivity contribution in [3.8, 4) is 11.5 Å². The molecule has 0 aliphatic carbocycles. The second-order valence-electron chi connectivity index (χ2n) is 6.87. The van der Waals surface area contributed by atoms with Gasteiger partial charge >= 0.3 is 5.97 Å². The molecule has 2 aromatic carbocycles. The summed E-state index contributed by atoms with van der Waals surface area (Å²) in [6.45, 7) is 0.553. The van der Waals surface area contributed by atoms with Crippen LogP contribution in [0.3, 0.4) is 0 Å². The zero-order chi connectivity index (χ0) is 22.4. The number of hydrogen-bond donors (Lipinski definition) is 1. The van der Waals surface area contributed by atoms with Gasteiger partial charge in [-0.25, -0.2) is 4.79 Å². The zero-order valence-corrected chi connectivity index (χ0v) is 18.2. The second-order valence-corrected chi connectivity index (χ2v) is 7.89. The molecule has 0 saturated heterocycles. The summed E-state index contributed by atoms with van der Waals surface area (Å²) >= 11 is 1.15. The Morgan fingerprint density at radius 1 is 1.06 bits per heavy atom. The van der Waals surface area contributed by atoms with Crippen molar-refractivity contribution in [1.82, 2.24) is 4.90 Å². The lowest BCUT2D eigenvalue weighted by Gasteiger charge is -2.29. The van der Waals surface area contributed by atoms with E-state index in [0.29, 0.717) is 41.5 Å². The van der Waals surface area contributed by atoms with Gasteiger partial charge < -0.3 is 24.8 Å². The monoisotopic (exact) mass is 444 g/mol. The van der Waals surface area contributed by atoms with Gasteiger partial charge in [0.1, 0.15) is 0 Å². The van der Waals surface area contributed by atoms with E-state index < -0.39 is 11.9 Å². The molecule has 0 spiro atoms. The van der Waals surface area contributed by atoms with Crippen molar-refractivity contribution in [2.24, 2.45) is 5.73 Å². The Kier molecular flexibility index (Phi) is 7.41. The van der Waals surface area contributed by atoms with Crippen LogP contribution >= 0.6 is 11.8 Å². The van der Waals surface area contributed by atoms with Gasteiger partial charge in [0.05, 0.1) is 25.5 Å². The van der Waals surface area contributed by atoms with Crippen LogP contribution in [-0.2, 0) is 27.3 Å². The van der Waals surface area contributed by atoms with Crippen LogP contribution in [0, 0.1) is 0 Å². The van der Waals surface area contributed by atoms with Crippen LogP contribution in [0.15, 0.2) is 41.3 Å². The summed E-state index contributed by atoms with van der Waals surface area (Å²) < 4.78 is 15.9. The number of amides is 2. The van der Waals surface area contributed by atoms with Crippen LogP contribution in [0.4, 0.5) is 0 Å². The highest BCUT2D eigenvalue weighted by Crippen LogP contribution is 2.33. The molecule has 0 saturated carbocycles. The van der Waals surface area contributed by atoms with E-state index in [2.05, 4.69) is 0 Å². The Hall–Kier alpha value is -3.20. The average molecular weight is 445 g/mol. The Balaban J connectivity index is 1.62. The number of rotatable bonds is 8. The fraction of sp³-hybridized carbons (Fsp3) is 0.318. The summed E-state index contributed by atoms with van der Waals surface area (Å²) in [4.78, 5) is 38.4. The molecule has 1 heterocycles. The summed E-state index contributed by atoms with van der Waals surface area (Å²) in [6, 6.07) is 10.5. The van der Waals surface area contributed by atoms with Gasteiger partial charge in [-0.3, -0.25) is 9.59 Å². The SMILES string of the molecule is COc1cc2c(cc1OC)CN(C(=O)COC(=O)c1ccccc1SCC(N)=O)CC2. The number of primary amides is 1. The van der Waals surface area contributed by atoms with E-state index in [0.717, 1.165) is 22.9 Å². The molecule has 31 heavy (non-hydrogen) atoms. The average Bonchev–Trinajstić information content (AvgIpc) is 2.79. The highest BCUT2D eigenvalue weighted by molar-refractivity contribution is 8.00. The van der Waals surface area contributed by atoms with Gasteiger partial charge in [-0.05, 0) is 41.8 Å². The first-order valence-corrected chi connectivity index (χ1v) is 10.6. The number of thioether (sulfide) groups is 1. The largest absolute Gasteiger partial charge is 0.493 e. The maximum absolute atomic E-state index is 12.6. The van der Waals surface area contributed by atoms with E-state index >= 15 is 0 Å². The third kappa shape index (κ3) is 5.49. The lowest BCUT2D eigenvalue weighted by atomic mass is 9.99. The minimum Gasteiger partial charge on any atom is -0.493 e. The summed E-state index contributed by atoms with van der Waals surface area (Å²) in [7, 11) is 3.15. The molecular formula is C22H24N2O6S. The number of carbonyl (C=O) groups excluding carboxylic acids is 3. The van der Waals surface area contributed by atoms with E-state index in [4.69, 9.17) is 19.9 Å². The predicted molar refractivity (Wildman–Crippen MR) is 115 cm³/mol. The third-order valence-electron chi connectivity index (χ3n) is 4.87. The predicted octanol–water partition coefficient (Wildman–Crippen LogP) is 2.02. The van der Waals surface area contributed by atoms with E-state index in [-0.39, 0.29) is 18.3 Å². The molecule has 0 bridgehead atoms. The molecule has 1 aliphatic rings. The molecule has 3 rings (SSSR count). The summed E-state index contributed by atoms with van der Waals surface area (Å²) in [5.74, 6) is -0.0800. The van der Waals surface area contributed by atoms with Crippen LogP contribution in [0.2, 0.25) is 0 Å². The van der Waals surface area contributed by atoms with Crippen molar-refractivity contribution in [3.63, 3.8) is 0 Å². The number of nitrogens with two attached hydrogens (primary N) is 1. The van der Waals surface area contributed by atoms with Gasteiger partial charge in [-0.15, -0.1) is 11.8 Å². The lowest BCUT2D eigenvalue weighted by molar-refractivity contribution is -0.135. The maximum atomic E-state index is 12.6. The Morgan fingerprint density at radius 2 is 1.74 bits per heavy atom. The van der Waals surface area contributed by atoms with Gasteiger partial charge in [0.25, 0.3) is 5.91 Å². The van der Waals surface area contributed by atoms with Gasteiger partial charge in [-0.1, -0.05) is 12.1 Å². The third-order valence-corrected chi connectivity index (χ3v) is 5.97. The van der Waals surface area contributed by atoms with Crippen molar-refractivity contribution in [3.05, 3.63) is 53.1 Å². The van der Waals surface area contributed by atoms with E-state index in [1.165, 1.54) is 0 Å². The van der Waals surface area contributed by atoms with E-state index in [9.17, 15) is 14.4 Å². The molecule has 0 unspecified atom stereocenters. The van der Waals surface area contributed by atoms with Gasteiger partial charge in [0, 0.05) is 18.0 Å². The number of esters is 1. The standard InChI is InChI=1S/C22H24N2O6S/c1-28-17-9-14-7-8-24(11-15(14)10-18(17)29-2)21(26)12-30-22(27)16-5-3-4-6-19(16)31-13-20(23)25/h3-6,9-10H,7-8,11-13H2,1-2H3,(H2,23,25). The summed E-state index contributed by atoms with van der Waals surface area (Å²) in [5.41, 5.74) is 7.53. The normalized spacial score (nSPS) is 12.6. The van der Waals surface area contributed by atoms with Crippen LogP contribution in [0.1, 0.15) is 21.5 Å². The lowest BCUT2D eigenvalue weighted by Crippen LogP contribution is -2.38. The van der Waals surface area contributed by atoms with E-state index in [1.54, 1.807) is 43.4 Å². The van der Waals surface area contributed by atoms with Gasteiger partial charge in [-0.2, -0.15) is 0 Å². The topological polar surface area (TPSA) is 108 Å². The number of carbonyl (C=O) groups is 3. The highest BCUT2D eigenvalue weighted by Gasteiger charge is 2.24. The Morgan fingerprint density at radius 3 is 2.42 bits per heavy atom. The molecule has 164 valence electrons.